The molecule has 28 heavy (non-hydrogen) atoms. The van der Waals surface area contributed by atoms with Crippen molar-refractivity contribution in [2.75, 3.05) is 56.8 Å². The van der Waals surface area contributed by atoms with Crippen LogP contribution in [-0.4, -0.2) is 62.3 Å². The van der Waals surface area contributed by atoms with Crippen molar-refractivity contribution in [1.29, 1.82) is 0 Å². The first-order valence-corrected chi connectivity index (χ1v) is 9.98. The van der Waals surface area contributed by atoms with Gasteiger partial charge >= 0.3 is 0 Å². The van der Waals surface area contributed by atoms with Crippen LogP contribution in [0.3, 0.4) is 0 Å². The van der Waals surface area contributed by atoms with Crippen molar-refractivity contribution < 1.29 is 14.2 Å². The highest BCUT2D eigenvalue weighted by atomic mass is 16.7. The maximum Gasteiger partial charge on any atom is 0.225 e. The largest absolute Gasteiger partial charge is 0.385 e. The van der Waals surface area contributed by atoms with Gasteiger partial charge in [0.05, 0.1) is 18.9 Å². The average Bonchev–Trinajstić information content (AvgIpc) is 3.20. The van der Waals surface area contributed by atoms with Crippen molar-refractivity contribution in [2.24, 2.45) is 0 Å². The number of benzene rings is 1. The van der Waals surface area contributed by atoms with Crippen LogP contribution in [0.2, 0.25) is 0 Å². The molecule has 150 valence electrons. The molecule has 1 spiro atoms. The molecule has 0 aliphatic carbocycles. The predicted octanol–water partition coefficient (Wildman–Crippen LogP) is 2.94. The number of aromatic nitrogens is 2. The van der Waals surface area contributed by atoms with E-state index in [0.29, 0.717) is 25.8 Å². The van der Waals surface area contributed by atoms with Gasteiger partial charge in [-0.3, -0.25) is 0 Å². The van der Waals surface area contributed by atoms with Crippen molar-refractivity contribution in [3.63, 3.8) is 0 Å². The summed E-state index contributed by atoms with van der Waals surface area (Å²) in [7, 11) is 1.71. The summed E-state index contributed by atoms with van der Waals surface area (Å²) in [5.74, 6) is 1.21. The zero-order valence-corrected chi connectivity index (χ0v) is 16.4. The van der Waals surface area contributed by atoms with Gasteiger partial charge in [0.1, 0.15) is 5.82 Å². The van der Waals surface area contributed by atoms with E-state index in [1.54, 1.807) is 7.11 Å². The van der Waals surface area contributed by atoms with E-state index in [1.807, 2.05) is 18.2 Å². The lowest BCUT2D eigenvalue weighted by molar-refractivity contribution is -0.169. The Morgan fingerprint density at radius 1 is 1.11 bits per heavy atom. The van der Waals surface area contributed by atoms with Crippen molar-refractivity contribution in [2.45, 2.75) is 25.0 Å². The van der Waals surface area contributed by atoms with Crippen LogP contribution in [0.15, 0.2) is 36.4 Å². The molecule has 2 aliphatic heterocycles. The highest BCUT2D eigenvalue weighted by Crippen LogP contribution is 2.33. The minimum atomic E-state index is -0.382. The molecule has 0 unspecified atom stereocenters. The van der Waals surface area contributed by atoms with E-state index in [9.17, 15) is 0 Å². The van der Waals surface area contributed by atoms with Gasteiger partial charge in [-0.25, -0.2) is 4.98 Å². The van der Waals surface area contributed by atoms with Crippen molar-refractivity contribution in [3.05, 3.63) is 36.4 Å². The molecule has 2 aromatic rings. The lowest BCUT2D eigenvalue weighted by Crippen LogP contribution is -2.45. The molecule has 0 radical (unpaired) electrons. The molecule has 3 heterocycles. The van der Waals surface area contributed by atoms with Crippen LogP contribution in [0.25, 0.3) is 11.3 Å². The molecule has 0 amide bonds. The molecule has 4 rings (SSSR count). The number of piperidine rings is 1. The minimum Gasteiger partial charge on any atom is -0.385 e. The fourth-order valence-electron chi connectivity index (χ4n) is 3.71. The quantitative estimate of drug-likeness (QED) is 0.736. The van der Waals surface area contributed by atoms with Crippen molar-refractivity contribution in [1.82, 2.24) is 9.97 Å². The van der Waals surface area contributed by atoms with Gasteiger partial charge in [-0.2, -0.15) is 4.98 Å². The zero-order valence-electron chi connectivity index (χ0n) is 16.4. The summed E-state index contributed by atoms with van der Waals surface area (Å²) in [5.41, 5.74) is 2.01. The Morgan fingerprint density at radius 2 is 1.86 bits per heavy atom. The van der Waals surface area contributed by atoms with E-state index in [1.165, 1.54) is 0 Å². The molecule has 0 saturated carbocycles. The number of methoxy groups -OCH3 is 1. The molecule has 7 nitrogen and oxygen atoms in total. The topological polar surface area (TPSA) is 68.7 Å². The van der Waals surface area contributed by atoms with Gasteiger partial charge < -0.3 is 24.4 Å². The lowest BCUT2D eigenvalue weighted by Gasteiger charge is -2.38. The van der Waals surface area contributed by atoms with Crippen LogP contribution in [0.1, 0.15) is 19.3 Å². The Balaban J connectivity index is 1.53. The number of anilines is 2. The summed E-state index contributed by atoms with van der Waals surface area (Å²) in [6.07, 6.45) is 2.62. The molecular formula is C21H28N4O3. The van der Waals surface area contributed by atoms with Crippen LogP contribution < -0.4 is 10.2 Å². The minimum absolute atomic E-state index is 0.382. The van der Waals surface area contributed by atoms with Crippen LogP contribution in [0.4, 0.5) is 11.8 Å². The van der Waals surface area contributed by atoms with Crippen LogP contribution in [-0.2, 0) is 14.2 Å². The standard InChI is InChI=1S/C21H28N4O3/c1-26-13-5-10-22-20-23-18(17-6-3-2-4-7-17)16-19(24-20)25-11-8-21(9-12-25)27-14-15-28-21/h2-4,6-7,16H,5,8-15H2,1H3,(H,22,23,24). The Bertz CT molecular complexity index is 756. The summed E-state index contributed by atoms with van der Waals surface area (Å²) in [6, 6.07) is 12.3. The number of nitrogens with one attached hydrogen (secondary N) is 1. The van der Waals surface area contributed by atoms with Crippen molar-refractivity contribution in [3.8, 4) is 11.3 Å². The Hall–Kier alpha value is -2.22. The van der Waals surface area contributed by atoms with E-state index >= 15 is 0 Å². The second-order valence-electron chi connectivity index (χ2n) is 7.17. The van der Waals surface area contributed by atoms with E-state index in [4.69, 9.17) is 24.2 Å². The molecular weight excluding hydrogens is 356 g/mol. The fourth-order valence-corrected chi connectivity index (χ4v) is 3.71. The van der Waals surface area contributed by atoms with E-state index in [0.717, 1.165) is 56.0 Å². The van der Waals surface area contributed by atoms with Crippen LogP contribution in [0.5, 0.6) is 0 Å². The lowest BCUT2D eigenvalue weighted by atomic mass is 10.0. The van der Waals surface area contributed by atoms with Gasteiger partial charge in [-0.15, -0.1) is 0 Å². The zero-order chi connectivity index (χ0) is 19.2. The fraction of sp³-hybridized carbons (Fsp3) is 0.524. The monoisotopic (exact) mass is 384 g/mol. The summed E-state index contributed by atoms with van der Waals surface area (Å²) in [5, 5.41) is 3.34. The number of hydrogen-bond donors (Lipinski definition) is 1. The second-order valence-corrected chi connectivity index (χ2v) is 7.17. The van der Waals surface area contributed by atoms with E-state index < -0.39 is 0 Å². The summed E-state index contributed by atoms with van der Waals surface area (Å²) in [6.45, 7) is 4.59. The van der Waals surface area contributed by atoms with Gasteiger partial charge in [-0.1, -0.05) is 30.3 Å². The molecule has 2 saturated heterocycles. The van der Waals surface area contributed by atoms with Gasteiger partial charge in [0.2, 0.25) is 5.95 Å². The first-order chi connectivity index (χ1) is 13.8. The summed E-state index contributed by atoms with van der Waals surface area (Å²) in [4.78, 5) is 11.8. The summed E-state index contributed by atoms with van der Waals surface area (Å²) < 4.78 is 16.8. The maximum absolute atomic E-state index is 5.85. The molecule has 1 aromatic heterocycles. The third-order valence-corrected chi connectivity index (χ3v) is 5.25. The highest BCUT2D eigenvalue weighted by Gasteiger charge is 2.40. The SMILES string of the molecule is COCCCNc1nc(-c2ccccc2)cc(N2CCC3(CC2)OCCO3)n1. The maximum atomic E-state index is 5.85. The van der Waals surface area contributed by atoms with Gasteiger partial charge in [0.25, 0.3) is 0 Å². The Morgan fingerprint density at radius 3 is 2.57 bits per heavy atom. The Kier molecular flexibility index (Phi) is 6.04. The molecule has 7 heteroatoms. The van der Waals surface area contributed by atoms with Crippen LogP contribution >= 0.6 is 0 Å². The molecule has 0 atom stereocenters. The smallest absolute Gasteiger partial charge is 0.225 e. The number of hydrogen-bond acceptors (Lipinski definition) is 7. The highest BCUT2D eigenvalue weighted by molar-refractivity contribution is 5.64. The van der Waals surface area contributed by atoms with Crippen LogP contribution in [0, 0.1) is 0 Å². The van der Waals surface area contributed by atoms with Gasteiger partial charge in [-0.05, 0) is 6.42 Å². The van der Waals surface area contributed by atoms with Gasteiger partial charge in [0, 0.05) is 57.8 Å². The molecule has 2 fully saturated rings. The first kappa shape index (κ1) is 19.1. The average molecular weight is 384 g/mol. The number of nitrogens with zero attached hydrogens (tertiary/aromatic N) is 3. The molecule has 1 N–H and O–H groups in total. The number of rotatable bonds is 7. The van der Waals surface area contributed by atoms with E-state index in [2.05, 4.69) is 28.4 Å². The Labute approximate surface area is 166 Å². The molecule has 2 aliphatic rings. The molecule has 1 aromatic carbocycles. The third-order valence-electron chi connectivity index (χ3n) is 5.25. The van der Waals surface area contributed by atoms with E-state index in [-0.39, 0.29) is 5.79 Å². The normalized spacial score (nSPS) is 18.5. The summed E-state index contributed by atoms with van der Waals surface area (Å²) >= 11 is 0. The van der Waals surface area contributed by atoms with Crippen molar-refractivity contribution >= 4 is 11.8 Å². The number of ether oxygens (including phenoxy) is 3. The predicted molar refractivity (Wildman–Crippen MR) is 109 cm³/mol. The molecule has 0 bridgehead atoms. The second kappa shape index (κ2) is 8.86. The van der Waals surface area contributed by atoms with Gasteiger partial charge in [0.15, 0.2) is 5.79 Å². The first-order valence-electron chi connectivity index (χ1n) is 9.98. The third kappa shape index (κ3) is 4.43.